The largest absolute Gasteiger partial charge is 0.504 e. The van der Waals surface area contributed by atoms with E-state index in [4.69, 9.17) is 27.9 Å². The zero-order valence-electron chi connectivity index (χ0n) is 25.2. The summed E-state index contributed by atoms with van der Waals surface area (Å²) in [7, 11) is 1.28. The lowest BCUT2D eigenvalue weighted by atomic mass is 9.56. The first-order chi connectivity index (χ1) is 22.7. The first-order valence-electron chi connectivity index (χ1n) is 15.4. The van der Waals surface area contributed by atoms with Gasteiger partial charge in [-0.15, -0.1) is 23.2 Å². The van der Waals surface area contributed by atoms with Gasteiger partial charge < -0.3 is 9.84 Å². The van der Waals surface area contributed by atoms with Gasteiger partial charge in [0.1, 0.15) is 5.69 Å². The van der Waals surface area contributed by atoms with Crippen LogP contribution in [0.1, 0.15) is 56.4 Å². The maximum absolute atomic E-state index is 15.2. The number of fused-ring (bicyclic) bond motifs is 4. The molecule has 2 aromatic carbocycles. The van der Waals surface area contributed by atoms with E-state index >= 15 is 8.78 Å². The molecule has 15 heteroatoms. The summed E-state index contributed by atoms with van der Waals surface area (Å²) >= 11 is 14.2. The molecule has 2 aliphatic heterocycles. The van der Waals surface area contributed by atoms with Crippen LogP contribution in [-0.4, -0.2) is 56.5 Å². The molecule has 2 aromatic rings. The molecular formula is C33H27Cl2F5N2O6. The number of hydrogen-bond acceptors (Lipinski definition) is 6. The fourth-order valence-corrected chi connectivity index (χ4v) is 9.49. The number of amides is 4. The van der Waals surface area contributed by atoms with Gasteiger partial charge in [0.2, 0.25) is 17.6 Å². The minimum Gasteiger partial charge on any atom is -0.504 e. The van der Waals surface area contributed by atoms with Gasteiger partial charge in [0, 0.05) is 12.0 Å². The third-order valence-electron chi connectivity index (χ3n) is 10.7. The van der Waals surface area contributed by atoms with Crippen LogP contribution in [0.3, 0.4) is 0 Å². The van der Waals surface area contributed by atoms with Gasteiger partial charge in [0.25, 0.3) is 11.8 Å². The number of phenols is 1. The third-order valence-corrected chi connectivity index (χ3v) is 12.1. The maximum Gasteiger partial charge on any atom is 0.258 e. The summed E-state index contributed by atoms with van der Waals surface area (Å²) in [5, 5.41) is 10.7. The molecule has 4 amide bonds. The number of carbonyl (C=O) groups is 4. The normalized spacial score (nSPS) is 32.0. The number of anilines is 1. The molecule has 254 valence electrons. The molecule has 0 unspecified atom stereocenters. The molecule has 2 saturated heterocycles. The molecule has 4 fully saturated rings. The molecule has 3 aliphatic carbocycles. The van der Waals surface area contributed by atoms with Crippen molar-refractivity contribution in [2.24, 2.45) is 17.8 Å². The Morgan fingerprint density at radius 3 is 2.08 bits per heavy atom. The highest BCUT2D eigenvalue weighted by molar-refractivity contribution is 6.58. The Hall–Kier alpha value is -3.71. The Bertz CT molecular complexity index is 1820. The van der Waals surface area contributed by atoms with E-state index in [1.54, 1.807) is 6.08 Å². The Morgan fingerprint density at radius 2 is 1.48 bits per heavy atom. The van der Waals surface area contributed by atoms with Gasteiger partial charge in [-0.05, 0) is 49.3 Å². The summed E-state index contributed by atoms with van der Waals surface area (Å²) in [6.07, 6.45) is 4.96. The average molecular weight is 713 g/mol. The number of carbonyl (C=O) groups excluding carboxylic acids is 4. The second kappa shape index (κ2) is 11.2. The summed E-state index contributed by atoms with van der Waals surface area (Å²) in [6.45, 7) is 0. The van der Waals surface area contributed by atoms with Gasteiger partial charge in [0.15, 0.2) is 44.5 Å². The Morgan fingerprint density at radius 1 is 0.854 bits per heavy atom. The number of ether oxygens (including phenoxy) is 1. The first kappa shape index (κ1) is 32.8. The smallest absolute Gasteiger partial charge is 0.258 e. The van der Waals surface area contributed by atoms with E-state index < -0.39 is 98.1 Å². The van der Waals surface area contributed by atoms with E-state index in [0.29, 0.717) is 18.4 Å². The van der Waals surface area contributed by atoms with Gasteiger partial charge in [0.05, 0.1) is 18.9 Å². The van der Waals surface area contributed by atoms with Crippen LogP contribution in [0.15, 0.2) is 29.8 Å². The third kappa shape index (κ3) is 4.12. The van der Waals surface area contributed by atoms with E-state index in [1.807, 2.05) is 0 Å². The van der Waals surface area contributed by atoms with E-state index in [-0.39, 0.29) is 34.6 Å². The summed E-state index contributed by atoms with van der Waals surface area (Å²) < 4.78 is 78.2. The number of benzene rings is 2. The van der Waals surface area contributed by atoms with Gasteiger partial charge >= 0.3 is 0 Å². The molecule has 2 heterocycles. The lowest BCUT2D eigenvalue weighted by Crippen LogP contribution is -2.60. The summed E-state index contributed by atoms with van der Waals surface area (Å²) in [5.74, 6) is -21.0. The number of hydrogen-bond donors (Lipinski definition) is 1. The molecule has 6 atom stereocenters. The number of likely N-dealkylation sites (tertiary alicyclic amines) is 1. The lowest BCUT2D eigenvalue weighted by Gasteiger charge is -2.50. The van der Waals surface area contributed by atoms with Crippen molar-refractivity contribution in [3.63, 3.8) is 0 Å². The number of halogens is 7. The fraction of sp³-hybridized carbons (Fsp3) is 0.455. The number of aromatic hydroxyl groups is 1. The number of rotatable bonds is 4. The molecular weight excluding hydrogens is 686 g/mol. The van der Waals surface area contributed by atoms with Crippen LogP contribution in [0.4, 0.5) is 27.6 Å². The number of allylic oxidation sites excluding steroid dienone is 2. The van der Waals surface area contributed by atoms with Gasteiger partial charge in [-0.25, -0.2) is 26.9 Å². The van der Waals surface area contributed by atoms with Crippen molar-refractivity contribution in [1.29, 1.82) is 0 Å². The molecule has 7 rings (SSSR count). The summed E-state index contributed by atoms with van der Waals surface area (Å²) in [5.41, 5.74) is -1.47. The average Bonchev–Trinajstić information content (AvgIpc) is 3.41. The highest BCUT2D eigenvalue weighted by Crippen LogP contribution is 2.66. The standard InChI is InChI=1S/C33H27Cl2F5N2O6/c1-48-19-10-7-13(11-18(19)43)21-15-8-9-16-20(29(45)41(28(16)44)14-5-3-2-4-6-14)17(15)12-32(34)30(46)42(31(47)33(21,32)35)27-25(39)23(37)22(36)24(38)26(27)40/h7-8,10-11,14,16-17,20-21,43H,2-6,9,12H2,1H3/t16-,17+,20-,21-,32+,33-/m0/s1. The Balaban J connectivity index is 1.42. The number of alkyl halides is 2. The van der Waals surface area contributed by atoms with Crippen molar-refractivity contribution < 1.29 is 51.0 Å². The molecule has 0 radical (unpaired) electrons. The van der Waals surface area contributed by atoms with E-state index in [0.717, 1.165) is 19.3 Å². The second-order valence-corrected chi connectivity index (χ2v) is 14.2. The van der Waals surface area contributed by atoms with E-state index in [9.17, 15) is 37.5 Å². The van der Waals surface area contributed by atoms with E-state index in [1.165, 1.54) is 30.2 Å². The summed E-state index contributed by atoms with van der Waals surface area (Å²) in [4.78, 5) is 52.2. The zero-order valence-corrected chi connectivity index (χ0v) is 26.7. The van der Waals surface area contributed by atoms with Crippen LogP contribution in [0.25, 0.3) is 0 Å². The molecule has 5 aliphatic rings. The highest BCUT2D eigenvalue weighted by Gasteiger charge is 2.77. The van der Waals surface area contributed by atoms with Crippen molar-refractivity contribution in [1.82, 2.24) is 4.90 Å². The summed E-state index contributed by atoms with van der Waals surface area (Å²) in [6, 6.07) is 3.58. The van der Waals surface area contributed by atoms with Crippen molar-refractivity contribution in [3.8, 4) is 11.5 Å². The topological polar surface area (TPSA) is 104 Å². The quantitative estimate of drug-likeness (QED) is 0.104. The predicted octanol–water partition coefficient (Wildman–Crippen LogP) is 5.99. The minimum absolute atomic E-state index is 0.0149. The molecule has 0 spiro atoms. The number of imide groups is 2. The number of nitrogens with zero attached hydrogens (tertiary/aromatic N) is 2. The van der Waals surface area contributed by atoms with Gasteiger partial charge in [-0.3, -0.25) is 24.1 Å². The highest BCUT2D eigenvalue weighted by atomic mass is 35.5. The molecule has 48 heavy (non-hydrogen) atoms. The molecule has 8 nitrogen and oxygen atoms in total. The zero-order chi connectivity index (χ0) is 34.6. The van der Waals surface area contributed by atoms with Crippen molar-refractivity contribution in [2.75, 3.05) is 12.0 Å². The van der Waals surface area contributed by atoms with Gasteiger partial charge in [-0.1, -0.05) is 37.0 Å². The molecule has 0 aromatic heterocycles. The maximum atomic E-state index is 15.2. The van der Waals surface area contributed by atoms with Crippen LogP contribution in [0.2, 0.25) is 0 Å². The van der Waals surface area contributed by atoms with Crippen molar-refractivity contribution in [2.45, 2.75) is 66.7 Å². The van der Waals surface area contributed by atoms with Crippen molar-refractivity contribution in [3.05, 3.63) is 64.5 Å². The van der Waals surface area contributed by atoms with Crippen LogP contribution in [0.5, 0.6) is 11.5 Å². The van der Waals surface area contributed by atoms with E-state index in [2.05, 4.69) is 0 Å². The fourth-order valence-electron chi connectivity index (χ4n) is 8.55. The van der Waals surface area contributed by atoms with Crippen LogP contribution >= 0.6 is 23.2 Å². The molecule has 2 saturated carbocycles. The lowest BCUT2D eigenvalue weighted by molar-refractivity contribution is -0.143. The SMILES string of the molecule is COc1ccc([C@H]2C3=CC[C@@H]4C(=O)N(C5CCCCC5)C(=O)[C@@H]4[C@@H]3C[C@@]3(Cl)C(=O)N(c4c(F)c(F)c(F)c(F)c4F)C(=O)[C@@]23Cl)cc1O. The molecule has 0 bridgehead atoms. The minimum atomic E-state index is -2.67. The Kier molecular flexibility index (Phi) is 7.63. The second-order valence-electron chi connectivity index (χ2n) is 13.0. The Labute approximate surface area is 280 Å². The van der Waals surface area contributed by atoms with Crippen molar-refractivity contribution >= 4 is 52.5 Å². The first-order valence-corrected chi connectivity index (χ1v) is 16.2. The van der Waals surface area contributed by atoms with Crippen LogP contribution < -0.4 is 9.64 Å². The number of methoxy groups -OCH3 is 1. The monoisotopic (exact) mass is 712 g/mol. The van der Waals surface area contributed by atoms with Crippen LogP contribution in [-0.2, 0) is 19.2 Å². The number of phenolic OH excluding ortho intramolecular Hbond substituents is 1. The molecule has 1 N–H and O–H groups in total. The predicted molar refractivity (Wildman–Crippen MR) is 160 cm³/mol. The van der Waals surface area contributed by atoms with Gasteiger partial charge in [-0.2, -0.15) is 0 Å². The van der Waals surface area contributed by atoms with Crippen LogP contribution in [0, 0.1) is 46.8 Å².